The highest BCUT2D eigenvalue weighted by atomic mass is 35.5. The molecule has 0 aromatic heterocycles. The average Bonchev–Trinajstić information content (AvgIpc) is 2.79. The fourth-order valence-electron chi connectivity index (χ4n) is 3.63. The van der Waals surface area contributed by atoms with Crippen LogP contribution in [0.3, 0.4) is 0 Å². The fraction of sp³-hybridized carbons (Fsp3) is 0.458. The van der Waals surface area contributed by atoms with Gasteiger partial charge in [-0.2, -0.15) is 0 Å². The van der Waals surface area contributed by atoms with Gasteiger partial charge in [0.25, 0.3) is 0 Å². The number of quaternary nitrogens is 1. The summed E-state index contributed by atoms with van der Waals surface area (Å²) in [4.78, 5) is 12.3. The number of hydrogen-bond acceptors (Lipinski definition) is 4. The molecule has 30 heavy (non-hydrogen) atoms. The number of carbonyl (C=O) groups is 1. The molecule has 2 aromatic rings. The lowest BCUT2D eigenvalue weighted by atomic mass is 10.0. The van der Waals surface area contributed by atoms with Gasteiger partial charge in [-0.1, -0.05) is 49.4 Å². The second kappa shape index (κ2) is 11.9. The Balaban J connectivity index is 0.00000320. The Morgan fingerprint density at radius 3 is 2.37 bits per heavy atom. The normalized spacial score (nSPS) is 24.6. The predicted octanol–water partition coefficient (Wildman–Crippen LogP) is 0.626. The standard InChI is InChI=1S/C24H31NO4.ClH/c1-3-16-27-22-11-7-10-21(25)24(26)28-17(2)23(22)29-20-14-12-19(13-15-20)18-8-5-4-6-9-18;/h4-6,8-9,12-15,17,21-23H,3,7,10-11,16,25H2,1-2H3;1H/t17-,21-,22-,23-;/m0./s1. The predicted molar refractivity (Wildman–Crippen MR) is 112 cm³/mol. The van der Waals surface area contributed by atoms with Crippen molar-refractivity contribution in [3.05, 3.63) is 54.6 Å². The number of ether oxygens (including phenoxy) is 3. The number of hydrogen-bond donors (Lipinski definition) is 1. The molecule has 1 fully saturated rings. The maximum Gasteiger partial charge on any atom is 0.365 e. The van der Waals surface area contributed by atoms with Crippen LogP contribution in [0.5, 0.6) is 5.75 Å². The van der Waals surface area contributed by atoms with Gasteiger partial charge < -0.3 is 32.4 Å². The molecule has 4 atom stereocenters. The summed E-state index contributed by atoms with van der Waals surface area (Å²) in [5.74, 6) is 0.481. The Morgan fingerprint density at radius 1 is 1.03 bits per heavy atom. The summed E-state index contributed by atoms with van der Waals surface area (Å²) in [6.07, 6.45) is 2.41. The van der Waals surface area contributed by atoms with Gasteiger partial charge in [0.15, 0.2) is 12.1 Å². The minimum absolute atomic E-state index is 0. The molecule has 0 amide bonds. The van der Waals surface area contributed by atoms with Gasteiger partial charge in [-0.3, -0.25) is 0 Å². The van der Waals surface area contributed by atoms with Gasteiger partial charge in [-0.05, 0) is 49.4 Å². The maximum atomic E-state index is 12.3. The highest BCUT2D eigenvalue weighted by Gasteiger charge is 2.35. The van der Waals surface area contributed by atoms with E-state index in [1.54, 1.807) is 0 Å². The largest absolute Gasteiger partial charge is 1.00 e. The lowest BCUT2D eigenvalue weighted by Crippen LogP contribution is -3.00. The summed E-state index contributed by atoms with van der Waals surface area (Å²) in [6.45, 7) is 4.62. The number of benzene rings is 2. The topological polar surface area (TPSA) is 72.4 Å². The van der Waals surface area contributed by atoms with Crippen LogP contribution in [0.25, 0.3) is 11.1 Å². The highest BCUT2D eigenvalue weighted by molar-refractivity contribution is 5.74. The van der Waals surface area contributed by atoms with Gasteiger partial charge in [0.05, 0.1) is 6.10 Å². The van der Waals surface area contributed by atoms with Crippen molar-refractivity contribution in [1.82, 2.24) is 0 Å². The lowest BCUT2D eigenvalue weighted by Gasteiger charge is -2.31. The molecule has 1 saturated heterocycles. The van der Waals surface area contributed by atoms with Crippen LogP contribution < -0.4 is 22.9 Å². The molecule has 0 spiro atoms. The Labute approximate surface area is 185 Å². The molecule has 0 bridgehead atoms. The van der Waals surface area contributed by atoms with Crippen LogP contribution in [0, 0.1) is 0 Å². The van der Waals surface area contributed by atoms with Crippen molar-refractivity contribution in [2.45, 2.75) is 63.9 Å². The highest BCUT2D eigenvalue weighted by Crippen LogP contribution is 2.26. The first-order valence-corrected chi connectivity index (χ1v) is 10.6. The number of halogens is 1. The molecule has 0 unspecified atom stereocenters. The van der Waals surface area contributed by atoms with Crippen molar-refractivity contribution < 1.29 is 37.1 Å². The Kier molecular flexibility index (Phi) is 9.63. The molecule has 1 aliphatic heterocycles. The van der Waals surface area contributed by atoms with E-state index in [-0.39, 0.29) is 36.6 Å². The average molecular weight is 434 g/mol. The van der Waals surface area contributed by atoms with Crippen LogP contribution in [-0.4, -0.2) is 36.9 Å². The molecule has 3 N–H and O–H groups in total. The van der Waals surface area contributed by atoms with Gasteiger partial charge >= 0.3 is 5.97 Å². The molecule has 1 heterocycles. The summed E-state index contributed by atoms with van der Waals surface area (Å²) >= 11 is 0. The molecule has 5 nitrogen and oxygen atoms in total. The van der Waals surface area contributed by atoms with Crippen LogP contribution in [0.2, 0.25) is 0 Å². The van der Waals surface area contributed by atoms with Gasteiger partial charge in [-0.25, -0.2) is 4.79 Å². The van der Waals surface area contributed by atoms with E-state index in [0.29, 0.717) is 13.0 Å². The van der Waals surface area contributed by atoms with E-state index in [1.165, 1.54) is 0 Å². The number of esters is 1. The first-order chi connectivity index (χ1) is 14.1. The third kappa shape index (κ3) is 6.46. The fourth-order valence-corrected chi connectivity index (χ4v) is 3.63. The van der Waals surface area contributed by atoms with Crippen LogP contribution in [0.15, 0.2) is 54.6 Å². The third-order valence-electron chi connectivity index (χ3n) is 5.28. The zero-order valence-electron chi connectivity index (χ0n) is 17.8. The van der Waals surface area contributed by atoms with Crippen molar-refractivity contribution in [2.24, 2.45) is 0 Å². The Bertz CT molecular complexity index is 769. The molecule has 2 aromatic carbocycles. The van der Waals surface area contributed by atoms with E-state index in [0.717, 1.165) is 36.1 Å². The lowest BCUT2D eigenvalue weighted by molar-refractivity contribution is -0.410. The van der Waals surface area contributed by atoms with Crippen LogP contribution >= 0.6 is 0 Å². The zero-order valence-corrected chi connectivity index (χ0v) is 18.5. The summed E-state index contributed by atoms with van der Waals surface area (Å²) in [7, 11) is 0. The van der Waals surface area contributed by atoms with E-state index >= 15 is 0 Å². The number of carbonyl (C=O) groups excluding carboxylic acids is 1. The van der Waals surface area contributed by atoms with Crippen molar-refractivity contribution in [3.63, 3.8) is 0 Å². The number of rotatable bonds is 6. The molecular weight excluding hydrogens is 402 g/mol. The second-order valence-electron chi connectivity index (χ2n) is 7.65. The first kappa shape index (κ1) is 24.2. The Morgan fingerprint density at radius 2 is 1.70 bits per heavy atom. The Hall–Kier alpha value is -2.08. The summed E-state index contributed by atoms with van der Waals surface area (Å²) in [5.41, 5.74) is 6.23. The van der Waals surface area contributed by atoms with Crippen molar-refractivity contribution in [3.8, 4) is 16.9 Å². The zero-order chi connectivity index (χ0) is 20.6. The van der Waals surface area contributed by atoms with Crippen LogP contribution in [0.1, 0.15) is 39.5 Å². The van der Waals surface area contributed by atoms with E-state index in [1.807, 2.05) is 49.4 Å². The van der Waals surface area contributed by atoms with Gasteiger partial charge in [0.1, 0.15) is 11.9 Å². The second-order valence-corrected chi connectivity index (χ2v) is 7.65. The maximum absolute atomic E-state index is 12.3. The molecule has 0 radical (unpaired) electrons. The summed E-state index contributed by atoms with van der Waals surface area (Å²) in [5, 5.41) is 0. The number of cyclic esters (lactones) is 1. The molecule has 0 aliphatic carbocycles. The van der Waals surface area contributed by atoms with Crippen molar-refractivity contribution in [1.29, 1.82) is 0 Å². The molecule has 164 valence electrons. The van der Waals surface area contributed by atoms with Gasteiger partial charge in [-0.15, -0.1) is 0 Å². The van der Waals surface area contributed by atoms with Gasteiger partial charge in [0, 0.05) is 13.0 Å². The molecular formula is C24H32ClNO4. The SMILES string of the molecule is CCCO[C@H]1CCC[C@H]([NH3+])C(=O)O[C@@H](C)[C@@H]1Oc1ccc(-c2ccccc2)cc1.[Cl-]. The van der Waals surface area contributed by atoms with Crippen LogP contribution in [0.4, 0.5) is 0 Å². The van der Waals surface area contributed by atoms with E-state index in [2.05, 4.69) is 24.8 Å². The van der Waals surface area contributed by atoms with Crippen molar-refractivity contribution in [2.75, 3.05) is 6.61 Å². The minimum atomic E-state index is -0.416. The third-order valence-corrected chi connectivity index (χ3v) is 5.28. The van der Waals surface area contributed by atoms with E-state index in [4.69, 9.17) is 14.2 Å². The van der Waals surface area contributed by atoms with Crippen LogP contribution in [-0.2, 0) is 14.3 Å². The smallest absolute Gasteiger partial charge is 0.365 e. The summed E-state index contributed by atoms with van der Waals surface area (Å²) < 4.78 is 18.1. The quantitative estimate of drug-likeness (QED) is 0.678. The monoisotopic (exact) mass is 433 g/mol. The molecule has 0 saturated carbocycles. The molecule has 3 rings (SSSR count). The van der Waals surface area contributed by atoms with E-state index < -0.39 is 6.10 Å². The molecule has 1 aliphatic rings. The van der Waals surface area contributed by atoms with Crippen molar-refractivity contribution >= 4 is 5.97 Å². The minimum Gasteiger partial charge on any atom is -1.00 e. The van der Waals surface area contributed by atoms with E-state index in [9.17, 15) is 4.79 Å². The summed E-state index contributed by atoms with van der Waals surface area (Å²) in [6, 6.07) is 17.9. The first-order valence-electron chi connectivity index (χ1n) is 10.6. The van der Waals surface area contributed by atoms with Gasteiger partial charge in [0.2, 0.25) is 0 Å². The molecule has 6 heteroatoms.